The Morgan fingerprint density at radius 1 is 1.64 bits per heavy atom. The molecule has 60 valence electrons. The van der Waals surface area contributed by atoms with Crippen LogP contribution in [0.4, 0.5) is 0 Å². The summed E-state index contributed by atoms with van der Waals surface area (Å²) >= 11 is 0. The van der Waals surface area contributed by atoms with Crippen molar-refractivity contribution in [2.45, 2.75) is 12.5 Å². The fourth-order valence-electron chi connectivity index (χ4n) is 1.32. The van der Waals surface area contributed by atoms with Crippen molar-refractivity contribution in [1.82, 2.24) is 0 Å². The topological polar surface area (TPSA) is 44.5 Å². The third kappa shape index (κ3) is 1.17. The average molecular weight is 153 g/mol. The summed E-state index contributed by atoms with van der Waals surface area (Å²) in [5.74, 6) is 0.938. The molecule has 0 aromatic rings. The van der Waals surface area contributed by atoms with Crippen LogP contribution in [0.25, 0.3) is 0 Å². The van der Waals surface area contributed by atoms with E-state index >= 15 is 0 Å². The fraction of sp³-hybridized carbons (Fsp3) is 0.500. The van der Waals surface area contributed by atoms with E-state index in [1.807, 2.05) is 6.08 Å². The first-order chi connectivity index (χ1) is 5.40. The predicted molar refractivity (Wildman–Crippen MR) is 40.7 cm³/mol. The van der Waals surface area contributed by atoms with Crippen LogP contribution in [0.5, 0.6) is 0 Å². The van der Waals surface area contributed by atoms with Gasteiger partial charge in [-0.1, -0.05) is 6.08 Å². The third-order valence-electron chi connectivity index (χ3n) is 1.97. The van der Waals surface area contributed by atoms with E-state index in [1.165, 1.54) is 0 Å². The van der Waals surface area contributed by atoms with Gasteiger partial charge in [0, 0.05) is 6.54 Å². The van der Waals surface area contributed by atoms with Crippen molar-refractivity contribution in [3.8, 4) is 0 Å². The third-order valence-corrected chi connectivity index (χ3v) is 1.97. The molecule has 3 nitrogen and oxygen atoms in total. The smallest absolute Gasteiger partial charge is 0.189 e. The summed E-state index contributed by atoms with van der Waals surface area (Å²) in [6, 6.07) is 0. The molecule has 3 heteroatoms. The molecule has 1 heterocycles. The molecule has 2 rings (SSSR count). The molecule has 0 radical (unpaired) electrons. The standard InChI is InChI=1S/C8H11NO2/c9-4-6-1-2-7-8(3-6)11-5-10-7/h1,3,7H,2,4-5,9H2. The van der Waals surface area contributed by atoms with Crippen molar-refractivity contribution in [3.05, 3.63) is 23.5 Å². The summed E-state index contributed by atoms with van der Waals surface area (Å²) in [7, 11) is 0. The van der Waals surface area contributed by atoms with Crippen LogP contribution in [0.1, 0.15) is 6.42 Å². The van der Waals surface area contributed by atoms with Crippen LogP contribution >= 0.6 is 0 Å². The maximum Gasteiger partial charge on any atom is 0.189 e. The quantitative estimate of drug-likeness (QED) is 0.597. The highest BCUT2D eigenvalue weighted by Crippen LogP contribution is 2.25. The summed E-state index contributed by atoms with van der Waals surface area (Å²) in [6.45, 7) is 0.974. The number of rotatable bonds is 1. The molecule has 1 aliphatic heterocycles. The van der Waals surface area contributed by atoms with Crippen molar-refractivity contribution in [2.75, 3.05) is 13.3 Å². The Morgan fingerprint density at radius 3 is 3.36 bits per heavy atom. The summed E-state index contributed by atoms with van der Waals surface area (Å²) in [5.41, 5.74) is 6.62. The maximum absolute atomic E-state index is 5.48. The van der Waals surface area contributed by atoms with E-state index in [-0.39, 0.29) is 6.10 Å². The van der Waals surface area contributed by atoms with Crippen LogP contribution in [-0.2, 0) is 9.47 Å². The van der Waals surface area contributed by atoms with Gasteiger partial charge in [0.25, 0.3) is 0 Å². The van der Waals surface area contributed by atoms with Crippen LogP contribution in [0, 0.1) is 0 Å². The second-order valence-corrected chi connectivity index (χ2v) is 2.68. The molecule has 0 spiro atoms. The van der Waals surface area contributed by atoms with E-state index in [4.69, 9.17) is 15.2 Å². The SMILES string of the molecule is NCC1=CCC2OCOC2=C1. The first-order valence-corrected chi connectivity index (χ1v) is 3.75. The van der Waals surface area contributed by atoms with Gasteiger partial charge in [-0.15, -0.1) is 0 Å². The summed E-state index contributed by atoms with van der Waals surface area (Å²) < 4.78 is 10.5. The zero-order valence-electron chi connectivity index (χ0n) is 6.25. The molecular formula is C8H11NO2. The fourth-order valence-corrected chi connectivity index (χ4v) is 1.32. The molecule has 2 N–H and O–H groups in total. The Labute approximate surface area is 65.5 Å². The lowest BCUT2D eigenvalue weighted by atomic mass is 10.0. The second-order valence-electron chi connectivity index (χ2n) is 2.68. The van der Waals surface area contributed by atoms with Crippen LogP contribution in [0.3, 0.4) is 0 Å². The maximum atomic E-state index is 5.48. The zero-order valence-corrected chi connectivity index (χ0v) is 6.25. The molecule has 0 saturated carbocycles. The Kier molecular flexibility index (Phi) is 1.68. The Bertz CT molecular complexity index is 220. The first kappa shape index (κ1) is 6.88. The molecule has 11 heavy (non-hydrogen) atoms. The minimum atomic E-state index is 0.158. The highest BCUT2D eigenvalue weighted by molar-refractivity contribution is 5.29. The highest BCUT2D eigenvalue weighted by Gasteiger charge is 2.24. The molecule has 1 fully saturated rings. The van der Waals surface area contributed by atoms with Gasteiger partial charge in [-0.3, -0.25) is 0 Å². The molecule has 1 atom stereocenters. The average Bonchev–Trinajstić information content (AvgIpc) is 2.50. The first-order valence-electron chi connectivity index (χ1n) is 3.75. The lowest BCUT2D eigenvalue weighted by Gasteiger charge is -2.12. The molecule has 1 aliphatic carbocycles. The van der Waals surface area contributed by atoms with E-state index in [1.54, 1.807) is 0 Å². The van der Waals surface area contributed by atoms with E-state index in [2.05, 4.69) is 6.08 Å². The lowest BCUT2D eigenvalue weighted by Crippen LogP contribution is -2.13. The van der Waals surface area contributed by atoms with Gasteiger partial charge in [-0.25, -0.2) is 0 Å². The van der Waals surface area contributed by atoms with Gasteiger partial charge in [-0.2, -0.15) is 0 Å². The van der Waals surface area contributed by atoms with Crippen LogP contribution < -0.4 is 5.73 Å². The minimum Gasteiger partial charge on any atom is -0.469 e. The largest absolute Gasteiger partial charge is 0.469 e. The van der Waals surface area contributed by atoms with Gasteiger partial charge >= 0.3 is 0 Å². The van der Waals surface area contributed by atoms with E-state index in [9.17, 15) is 0 Å². The molecule has 1 saturated heterocycles. The van der Waals surface area contributed by atoms with Crippen molar-refractivity contribution in [3.63, 3.8) is 0 Å². The summed E-state index contributed by atoms with van der Waals surface area (Å²) in [5, 5.41) is 0. The molecule has 1 unspecified atom stereocenters. The number of hydrogen-bond acceptors (Lipinski definition) is 3. The van der Waals surface area contributed by atoms with Gasteiger partial charge < -0.3 is 15.2 Å². The Balaban J connectivity index is 2.17. The van der Waals surface area contributed by atoms with Crippen molar-refractivity contribution < 1.29 is 9.47 Å². The van der Waals surface area contributed by atoms with Gasteiger partial charge in [0.2, 0.25) is 0 Å². The van der Waals surface area contributed by atoms with Gasteiger partial charge in [0.05, 0.1) is 0 Å². The number of nitrogens with two attached hydrogens (primary N) is 1. The monoisotopic (exact) mass is 153 g/mol. The summed E-state index contributed by atoms with van der Waals surface area (Å²) in [4.78, 5) is 0. The minimum absolute atomic E-state index is 0.158. The van der Waals surface area contributed by atoms with E-state index in [0.717, 1.165) is 17.8 Å². The van der Waals surface area contributed by atoms with Crippen molar-refractivity contribution in [1.29, 1.82) is 0 Å². The molecular weight excluding hydrogens is 142 g/mol. The predicted octanol–water partition coefficient (Wildman–Crippen LogP) is 0.532. The number of fused-ring (bicyclic) bond motifs is 1. The summed E-state index contributed by atoms with van der Waals surface area (Å²) in [6.07, 6.45) is 5.13. The number of ether oxygens (including phenoxy) is 2. The Morgan fingerprint density at radius 2 is 2.55 bits per heavy atom. The molecule has 0 bridgehead atoms. The molecule has 0 aromatic carbocycles. The normalized spacial score (nSPS) is 28.6. The van der Waals surface area contributed by atoms with Gasteiger partial charge in [0.15, 0.2) is 6.79 Å². The van der Waals surface area contributed by atoms with E-state index < -0.39 is 0 Å². The second kappa shape index (κ2) is 2.68. The van der Waals surface area contributed by atoms with E-state index in [0.29, 0.717) is 13.3 Å². The van der Waals surface area contributed by atoms with Crippen molar-refractivity contribution >= 4 is 0 Å². The molecule has 2 aliphatic rings. The van der Waals surface area contributed by atoms with Gasteiger partial charge in [0.1, 0.15) is 11.9 Å². The highest BCUT2D eigenvalue weighted by atomic mass is 16.7. The van der Waals surface area contributed by atoms with Crippen LogP contribution in [0.2, 0.25) is 0 Å². The van der Waals surface area contributed by atoms with Crippen molar-refractivity contribution in [2.24, 2.45) is 5.73 Å². The number of hydrogen-bond donors (Lipinski definition) is 1. The molecule has 0 amide bonds. The molecule has 0 aromatic heterocycles. The Hall–Kier alpha value is -0.800. The van der Waals surface area contributed by atoms with Crippen LogP contribution in [-0.4, -0.2) is 19.4 Å². The van der Waals surface area contributed by atoms with Gasteiger partial charge in [-0.05, 0) is 18.1 Å². The lowest BCUT2D eigenvalue weighted by molar-refractivity contribution is 0.0509. The zero-order chi connectivity index (χ0) is 7.68. The van der Waals surface area contributed by atoms with Crippen LogP contribution in [0.15, 0.2) is 23.5 Å².